The van der Waals surface area contributed by atoms with Crippen LogP contribution in [-0.2, 0) is 41.6 Å². The predicted molar refractivity (Wildman–Crippen MR) is 191 cm³/mol. The molecule has 0 bridgehead atoms. The van der Waals surface area contributed by atoms with Gasteiger partial charge in [-0.25, -0.2) is 4.98 Å². The maximum atomic E-state index is 13.4. The van der Waals surface area contributed by atoms with E-state index in [1.54, 1.807) is 58.5 Å². The topological polar surface area (TPSA) is 140 Å². The van der Waals surface area contributed by atoms with E-state index in [9.17, 15) is 19.2 Å². The van der Waals surface area contributed by atoms with Crippen LogP contribution in [0.2, 0.25) is 0 Å². The number of amides is 1. The quantitative estimate of drug-likeness (QED) is 0.0970. The van der Waals surface area contributed by atoms with E-state index in [1.165, 1.54) is 30.6 Å². The first-order valence-corrected chi connectivity index (χ1v) is 18.0. The molecule has 1 atom stereocenters. The molecule has 0 aliphatic rings. The van der Waals surface area contributed by atoms with Crippen molar-refractivity contribution < 1.29 is 33.8 Å². The van der Waals surface area contributed by atoms with Crippen molar-refractivity contribution in [3.63, 3.8) is 0 Å². The minimum atomic E-state index is -0.725. The number of aliphatic carboxylic acids is 1. The average molecular weight is 681 g/mol. The monoisotopic (exact) mass is 681 g/mol. The van der Waals surface area contributed by atoms with E-state index in [1.807, 2.05) is 0 Å². The van der Waals surface area contributed by atoms with E-state index >= 15 is 0 Å². The van der Waals surface area contributed by atoms with Gasteiger partial charge in [-0.05, 0) is 74.3 Å². The van der Waals surface area contributed by atoms with Crippen LogP contribution in [0.5, 0.6) is 0 Å². The summed E-state index contributed by atoms with van der Waals surface area (Å²) in [6, 6.07) is 0. The molecule has 0 saturated carbocycles. The van der Waals surface area contributed by atoms with Crippen LogP contribution in [0.15, 0.2) is 12.4 Å². The van der Waals surface area contributed by atoms with Gasteiger partial charge in [-0.15, -0.1) is 0 Å². The highest BCUT2D eigenvalue weighted by Crippen LogP contribution is 2.18. The van der Waals surface area contributed by atoms with Gasteiger partial charge in [0.25, 0.3) is 0 Å². The van der Waals surface area contributed by atoms with Crippen molar-refractivity contribution >= 4 is 23.8 Å². The molecule has 11 heteroatoms. The predicted octanol–water partition coefficient (Wildman–Crippen LogP) is 7.10. The zero-order chi connectivity index (χ0) is 36.8. The first-order valence-electron chi connectivity index (χ1n) is 18.0. The highest BCUT2D eigenvalue weighted by atomic mass is 16.6. The molecule has 1 amide bonds. The highest BCUT2D eigenvalue weighted by molar-refractivity contribution is 5.86. The Morgan fingerprint density at radius 1 is 0.792 bits per heavy atom. The Bertz CT molecular complexity index is 1040. The van der Waals surface area contributed by atoms with Gasteiger partial charge >= 0.3 is 17.9 Å². The number of nitrogens with one attached hydrogen (secondary N) is 1. The Hall–Kier alpha value is -2.95. The highest BCUT2D eigenvalue weighted by Gasteiger charge is 2.28. The number of rotatable bonds is 22. The van der Waals surface area contributed by atoms with Crippen LogP contribution in [0.3, 0.4) is 0 Å². The standard InChI is InChI=1S/C33H58N4O7.C4H10/c1-9-33(8,35-19-17-15-13-11-10-12-14-16-18-28(39)40)22-26-34-20-21-36(26)23-27(38)37(24-29(41)43-31(2,3)4)25-30(42)44-32(5,6)7;1-3-4-2/h20-21,35H,9-19,22-25H2,1-8H3,(H,39,40);3-4H2,1-2H3. The fourth-order valence-electron chi connectivity index (χ4n) is 4.70. The SMILES string of the molecule is CCC(C)(Cc1nccn1CC(=O)N(CC(=O)OC(C)(C)C)CC(=O)OC(C)(C)C)NCCCCCCCCCCC(=O)O.CCCC. The third-order valence-electron chi connectivity index (χ3n) is 7.64. The van der Waals surface area contributed by atoms with Gasteiger partial charge in [-0.3, -0.25) is 19.2 Å². The molecule has 11 nitrogen and oxygen atoms in total. The lowest BCUT2D eigenvalue weighted by Crippen LogP contribution is -2.46. The van der Waals surface area contributed by atoms with E-state index in [4.69, 9.17) is 14.6 Å². The number of carbonyl (C=O) groups excluding carboxylic acids is 3. The number of aromatic nitrogens is 2. The van der Waals surface area contributed by atoms with E-state index in [2.05, 4.69) is 38.0 Å². The maximum absolute atomic E-state index is 13.4. The van der Waals surface area contributed by atoms with E-state index in [0.29, 0.717) is 6.42 Å². The van der Waals surface area contributed by atoms with Crippen molar-refractivity contribution in [2.45, 2.75) is 176 Å². The smallest absolute Gasteiger partial charge is 0.326 e. The summed E-state index contributed by atoms with van der Waals surface area (Å²) in [4.78, 5) is 54.9. The molecule has 0 aliphatic carbocycles. The molecule has 0 radical (unpaired) electrons. The van der Waals surface area contributed by atoms with Gasteiger partial charge in [-0.1, -0.05) is 72.1 Å². The first kappa shape index (κ1) is 45.0. The van der Waals surface area contributed by atoms with Crippen molar-refractivity contribution in [3.05, 3.63) is 18.2 Å². The van der Waals surface area contributed by atoms with Crippen molar-refractivity contribution in [1.82, 2.24) is 19.8 Å². The van der Waals surface area contributed by atoms with E-state index in [0.717, 1.165) is 57.3 Å². The Kier molecular flexibility index (Phi) is 22.0. The Morgan fingerprint density at radius 2 is 1.27 bits per heavy atom. The van der Waals surface area contributed by atoms with E-state index < -0.39 is 35.0 Å². The molecular formula is C37H68N4O7. The average Bonchev–Trinajstić information content (AvgIpc) is 3.39. The fourth-order valence-corrected chi connectivity index (χ4v) is 4.70. The summed E-state index contributed by atoms with van der Waals surface area (Å²) < 4.78 is 12.6. The second-order valence-electron chi connectivity index (χ2n) is 14.9. The van der Waals surface area contributed by atoms with Crippen LogP contribution < -0.4 is 5.32 Å². The van der Waals surface area contributed by atoms with Crippen molar-refractivity contribution in [2.75, 3.05) is 19.6 Å². The number of hydrogen-bond acceptors (Lipinski definition) is 8. The lowest BCUT2D eigenvalue weighted by Gasteiger charge is -2.30. The number of ether oxygens (including phenoxy) is 2. The van der Waals surface area contributed by atoms with Gasteiger partial charge < -0.3 is 29.4 Å². The number of hydrogen-bond donors (Lipinski definition) is 2. The zero-order valence-electron chi connectivity index (χ0n) is 31.9. The number of carboxylic acids is 1. The normalized spacial score (nSPS) is 12.8. The molecule has 2 N–H and O–H groups in total. The summed E-state index contributed by atoms with van der Waals surface area (Å²) in [6.45, 7) is 19.2. The minimum absolute atomic E-state index is 0.0724. The molecular weight excluding hydrogens is 612 g/mol. The Morgan fingerprint density at radius 3 is 1.71 bits per heavy atom. The third kappa shape index (κ3) is 23.4. The molecule has 0 fully saturated rings. The molecule has 0 saturated heterocycles. The van der Waals surface area contributed by atoms with Gasteiger partial charge in [0.2, 0.25) is 5.91 Å². The summed E-state index contributed by atoms with van der Waals surface area (Å²) in [6.07, 6.45) is 16.3. The van der Waals surface area contributed by atoms with E-state index in [-0.39, 0.29) is 31.6 Å². The van der Waals surface area contributed by atoms with Gasteiger partial charge in [0, 0.05) is 30.8 Å². The van der Waals surface area contributed by atoms with Gasteiger partial charge in [0.15, 0.2) is 0 Å². The number of carboxylic acid groups (broad SMARTS) is 1. The number of unbranched alkanes of at least 4 members (excludes halogenated alkanes) is 8. The van der Waals surface area contributed by atoms with Crippen LogP contribution in [-0.4, -0.2) is 79.7 Å². The van der Waals surface area contributed by atoms with Crippen molar-refractivity contribution in [3.8, 4) is 0 Å². The van der Waals surface area contributed by atoms with Gasteiger partial charge in [-0.2, -0.15) is 0 Å². The molecule has 1 aromatic heterocycles. The Balaban J connectivity index is 0.00000520. The molecule has 1 rings (SSSR count). The summed E-state index contributed by atoms with van der Waals surface area (Å²) in [5.41, 5.74) is -1.67. The number of esters is 2. The number of nitrogens with zero attached hydrogens (tertiary/aromatic N) is 3. The molecule has 48 heavy (non-hydrogen) atoms. The molecule has 1 aromatic rings. The first-order chi connectivity index (χ1) is 22.3. The van der Waals surface area contributed by atoms with Gasteiger partial charge in [0.1, 0.15) is 36.7 Å². The largest absolute Gasteiger partial charge is 0.481 e. The van der Waals surface area contributed by atoms with Crippen LogP contribution in [0, 0.1) is 0 Å². The number of imidazole rings is 1. The van der Waals surface area contributed by atoms with Crippen molar-refractivity contribution in [1.29, 1.82) is 0 Å². The van der Waals surface area contributed by atoms with Gasteiger partial charge in [0.05, 0.1) is 0 Å². The molecule has 0 aromatic carbocycles. The summed E-state index contributed by atoms with van der Waals surface area (Å²) in [5, 5.41) is 12.4. The second-order valence-corrected chi connectivity index (χ2v) is 14.9. The third-order valence-corrected chi connectivity index (χ3v) is 7.64. The molecule has 278 valence electrons. The summed E-state index contributed by atoms with van der Waals surface area (Å²) >= 11 is 0. The zero-order valence-corrected chi connectivity index (χ0v) is 31.9. The minimum Gasteiger partial charge on any atom is -0.481 e. The Labute approximate surface area is 290 Å². The second kappa shape index (κ2) is 23.4. The maximum Gasteiger partial charge on any atom is 0.326 e. The molecule has 1 unspecified atom stereocenters. The van der Waals surface area contributed by atoms with Crippen molar-refractivity contribution in [2.24, 2.45) is 0 Å². The summed E-state index contributed by atoms with van der Waals surface area (Å²) in [5.74, 6) is -1.58. The van der Waals surface area contributed by atoms with Crippen LogP contribution in [0.1, 0.15) is 152 Å². The molecule has 1 heterocycles. The van der Waals surface area contributed by atoms with Crippen LogP contribution in [0.4, 0.5) is 0 Å². The van der Waals surface area contributed by atoms with Crippen LogP contribution in [0.25, 0.3) is 0 Å². The lowest BCUT2D eigenvalue weighted by molar-refractivity contribution is -0.164. The summed E-state index contributed by atoms with van der Waals surface area (Å²) in [7, 11) is 0. The molecule has 0 spiro atoms. The van der Waals surface area contributed by atoms with Crippen LogP contribution >= 0.6 is 0 Å². The lowest BCUT2D eigenvalue weighted by atomic mass is 9.93. The number of carbonyl (C=O) groups is 4. The fraction of sp³-hybridized carbons (Fsp3) is 0.811. The molecule has 0 aliphatic heterocycles.